The lowest BCUT2D eigenvalue weighted by Crippen LogP contribution is -2.46. The van der Waals surface area contributed by atoms with Gasteiger partial charge in [0.25, 0.3) is 5.91 Å². The van der Waals surface area contributed by atoms with Gasteiger partial charge >= 0.3 is 0 Å². The summed E-state index contributed by atoms with van der Waals surface area (Å²) in [6.07, 6.45) is 2.37. The Morgan fingerprint density at radius 2 is 1.86 bits per heavy atom. The molecule has 0 saturated heterocycles. The van der Waals surface area contributed by atoms with Crippen molar-refractivity contribution >= 4 is 23.2 Å². The minimum absolute atomic E-state index is 0.0700. The third-order valence-electron chi connectivity index (χ3n) is 6.65. The number of benzene rings is 2. The molecule has 1 atom stereocenters. The van der Waals surface area contributed by atoms with Crippen LogP contribution in [0.3, 0.4) is 0 Å². The van der Waals surface area contributed by atoms with Crippen LogP contribution < -0.4 is 4.74 Å². The predicted molar refractivity (Wildman–Crippen MR) is 139 cm³/mol. The van der Waals surface area contributed by atoms with Crippen LogP contribution >= 0.6 is 11.3 Å². The number of fused-ring (bicyclic) bond motifs is 1. The molecule has 2 aromatic heterocycles. The van der Waals surface area contributed by atoms with Gasteiger partial charge in [0, 0.05) is 11.4 Å². The molecule has 4 aromatic rings. The molecule has 5 rings (SSSR count). The minimum atomic E-state index is -0.280. The number of carbonyl (C=O) groups is 2. The summed E-state index contributed by atoms with van der Waals surface area (Å²) in [4.78, 5) is 32.4. The number of ether oxygens (including phenoxy) is 1. The fourth-order valence-electron chi connectivity index (χ4n) is 4.85. The number of rotatable bonds is 7. The summed E-state index contributed by atoms with van der Waals surface area (Å²) >= 11 is 1.74. The number of carbonyl (C=O) groups excluding carboxylic acids is 2. The highest BCUT2D eigenvalue weighted by Crippen LogP contribution is 2.39. The fraction of sp³-hybridized carbons (Fsp3) is 0.241. The van der Waals surface area contributed by atoms with Gasteiger partial charge < -0.3 is 19.0 Å². The van der Waals surface area contributed by atoms with E-state index in [1.807, 2.05) is 29.2 Å². The summed E-state index contributed by atoms with van der Waals surface area (Å²) in [6.45, 7) is 2.79. The average Bonchev–Trinajstić information content (AvgIpc) is 3.60. The summed E-state index contributed by atoms with van der Waals surface area (Å²) < 4.78 is 11.0. The van der Waals surface area contributed by atoms with Gasteiger partial charge in [-0.1, -0.05) is 36.4 Å². The van der Waals surface area contributed by atoms with Crippen molar-refractivity contribution in [3.63, 3.8) is 0 Å². The highest BCUT2D eigenvalue weighted by molar-refractivity contribution is 7.10. The Hall–Kier alpha value is -3.84. The van der Waals surface area contributed by atoms with Crippen molar-refractivity contribution < 1.29 is 18.7 Å². The zero-order valence-electron chi connectivity index (χ0n) is 20.3. The Kier molecular flexibility index (Phi) is 6.91. The standard InChI is InChI=1S/C29H28N2O4S/c1-20-8-3-4-10-22(20)28-24-14-17-36-26(24)13-15-31(28)27(32)19-30(18-21-9-7-16-35-21)29(33)23-11-5-6-12-25(23)34-2/h3-12,14,16-17,28H,13,15,18-19H2,1-2H3. The van der Waals surface area contributed by atoms with E-state index >= 15 is 0 Å². The van der Waals surface area contributed by atoms with Crippen molar-refractivity contribution in [2.24, 2.45) is 0 Å². The number of nitrogens with zero attached hydrogens (tertiary/aromatic N) is 2. The molecule has 0 aliphatic carbocycles. The van der Waals surface area contributed by atoms with Crippen molar-refractivity contribution in [2.75, 3.05) is 20.2 Å². The third-order valence-corrected chi connectivity index (χ3v) is 7.64. The van der Waals surface area contributed by atoms with Crippen LogP contribution in [0.4, 0.5) is 0 Å². The second-order valence-electron chi connectivity index (χ2n) is 8.84. The molecule has 2 amide bonds. The molecule has 0 spiro atoms. The number of amides is 2. The summed E-state index contributed by atoms with van der Waals surface area (Å²) in [5.41, 5.74) is 3.83. The molecule has 184 valence electrons. The second-order valence-corrected chi connectivity index (χ2v) is 9.84. The van der Waals surface area contributed by atoms with Crippen molar-refractivity contribution in [3.05, 3.63) is 111 Å². The molecule has 0 N–H and O–H groups in total. The van der Waals surface area contributed by atoms with Crippen molar-refractivity contribution in [2.45, 2.75) is 25.9 Å². The Morgan fingerprint density at radius 1 is 1.06 bits per heavy atom. The molecule has 2 aromatic carbocycles. The molecule has 0 saturated carbocycles. The highest BCUT2D eigenvalue weighted by atomic mass is 32.1. The lowest BCUT2D eigenvalue weighted by atomic mass is 9.90. The molecule has 36 heavy (non-hydrogen) atoms. The third kappa shape index (κ3) is 4.66. The van der Waals surface area contributed by atoms with Gasteiger partial charge in [-0.25, -0.2) is 0 Å². The van der Waals surface area contributed by atoms with E-state index in [1.165, 1.54) is 22.5 Å². The van der Waals surface area contributed by atoms with Crippen LogP contribution in [-0.2, 0) is 17.8 Å². The van der Waals surface area contributed by atoms with E-state index in [4.69, 9.17) is 9.15 Å². The normalized spacial score (nSPS) is 14.8. The number of hydrogen-bond donors (Lipinski definition) is 0. The molecule has 1 aliphatic heterocycles. The van der Waals surface area contributed by atoms with Crippen LogP contribution in [0.5, 0.6) is 5.75 Å². The first-order chi connectivity index (χ1) is 17.6. The maximum Gasteiger partial charge on any atom is 0.258 e. The van der Waals surface area contributed by atoms with Gasteiger partial charge in [0.1, 0.15) is 18.1 Å². The maximum atomic E-state index is 13.9. The Morgan fingerprint density at radius 3 is 2.64 bits per heavy atom. The van der Waals surface area contributed by atoms with E-state index in [0.717, 1.165) is 17.5 Å². The van der Waals surface area contributed by atoms with E-state index in [9.17, 15) is 9.59 Å². The van der Waals surface area contributed by atoms with Gasteiger partial charge in [-0.2, -0.15) is 0 Å². The van der Waals surface area contributed by atoms with Crippen LogP contribution in [0.2, 0.25) is 0 Å². The van der Waals surface area contributed by atoms with Crippen LogP contribution in [-0.4, -0.2) is 41.8 Å². The van der Waals surface area contributed by atoms with E-state index in [0.29, 0.717) is 23.6 Å². The topological polar surface area (TPSA) is 63.0 Å². The van der Waals surface area contributed by atoms with Crippen molar-refractivity contribution in [3.8, 4) is 5.75 Å². The molecule has 0 fully saturated rings. The smallest absolute Gasteiger partial charge is 0.258 e. The number of hydrogen-bond acceptors (Lipinski definition) is 5. The molecule has 0 bridgehead atoms. The zero-order valence-corrected chi connectivity index (χ0v) is 21.2. The number of thiophene rings is 1. The lowest BCUT2D eigenvalue weighted by Gasteiger charge is -2.38. The first-order valence-electron chi connectivity index (χ1n) is 11.9. The van der Waals surface area contributed by atoms with Gasteiger partial charge in [-0.3, -0.25) is 9.59 Å². The average molecular weight is 501 g/mol. The molecule has 3 heterocycles. The molecule has 1 unspecified atom stereocenters. The monoisotopic (exact) mass is 500 g/mol. The molecule has 7 heteroatoms. The largest absolute Gasteiger partial charge is 0.496 e. The van der Waals surface area contributed by atoms with Crippen LogP contribution in [0.15, 0.2) is 82.8 Å². The van der Waals surface area contributed by atoms with E-state index in [-0.39, 0.29) is 30.9 Å². The molecule has 0 radical (unpaired) electrons. The van der Waals surface area contributed by atoms with Gasteiger partial charge in [-0.05, 0) is 65.7 Å². The van der Waals surface area contributed by atoms with Crippen LogP contribution in [0.1, 0.15) is 43.7 Å². The number of methoxy groups -OCH3 is 1. The van der Waals surface area contributed by atoms with E-state index in [1.54, 1.807) is 41.9 Å². The van der Waals surface area contributed by atoms with E-state index < -0.39 is 0 Å². The van der Waals surface area contributed by atoms with Crippen LogP contribution in [0.25, 0.3) is 0 Å². The molecular weight excluding hydrogens is 472 g/mol. The van der Waals surface area contributed by atoms with Gasteiger partial charge in [0.2, 0.25) is 5.91 Å². The number of furan rings is 1. The summed E-state index contributed by atoms with van der Waals surface area (Å²) in [7, 11) is 1.53. The first kappa shape index (κ1) is 23.9. The molecule has 6 nitrogen and oxygen atoms in total. The quantitative estimate of drug-likeness (QED) is 0.337. The summed E-state index contributed by atoms with van der Waals surface area (Å²) in [6, 6.07) is 20.8. The molecular formula is C29H28N2O4S. The summed E-state index contributed by atoms with van der Waals surface area (Å²) in [5.74, 6) is 0.700. The fourth-order valence-corrected chi connectivity index (χ4v) is 5.75. The first-order valence-corrected chi connectivity index (χ1v) is 12.8. The highest BCUT2D eigenvalue weighted by Gasteiger charge is 2.35. The minimum Gasteiger partial charge on any atom is -0.496 e. The zero-order chi connectivity index (χ0) is 25.1. The van der Waals surface area contributed by atoms with Gasteiger partial charge in [0.05, 0.1) is 31.5 Å². The van der Waals surface area contributed by atoms with Crippen molar-refractivity contribution in [1.82, 2.24) is 9.80 Å². The Labute approximate surface area is 214 Å². The SMILES string of the molecule is COc1ccccc1C(=O)N(CC(=O)N1CCc2sccc2C1c1ccccc1C)Cc1ccco1. The van der Waals surface area contributed by atoms with Gasteiger partial charge in [-0.15, -0.1) is 11.3 Å². The number of aryl methyl sites for hydroxylation is 1. The maximum absolute atomic E-state index is 13.9. The predicted octanol–water partition coefficient (Wildman–Crippen LogP) is 5.47. The summed E-state index contributed by atoms with van der Waals surface area (Å²) in [5, 5.41) is 2.10. The Balaban J connectivity index is 1.48. The van der Waals surface area contributed by atoms with Crippen molar-refractivity contribution in [1.29, 1.82) is 0 Å². The number of para-hydroxylation sites is 1. The lowest BCUT2D eigenvalue weighted by molar-refractivity contribution is -0.134. The van der Waals surface area contributed by atoms with Crippen LogP contribution in [0, 0.1) is 6.92 Å². The van der Waals surface area contributed by atoms with Gasteiger partial charge in [0.15, 0.2) is 0 Å². The second kappa shape index (κ2) is 10.4. The van der Waals surface area contributed by atoms with E-state index in [2.05, 4.69) is 30.5 Å². The molecule has 1 aliphatic rings. The Bertz CT molecular complexity index is 1360.